The number of Topliss-reactive ketones (excluding diaryl/α,β-unsaturated/α-hetero) is 1. The van der Waals surface area contributed by atoms with Gasteiger partial charge in [0.1, 0.15) is 28.2 Å². The highest BCUT2D eigenvalue weighted by molar-refractivity contribution is 7.17. The van der Waals surface area contributed by atoms with Crippen molar-refractivity contribution in [2.75, 3.05) is 12.0 Å². The molecule has 4 rings (SSSR count). The van der Waals surface area contributed by atoms with Crippen LogP contribution in [-0.4, -0.2) is 34.9 Å². The summed E-state index contributed by atoms with van der Waals surface area (Å²) in [5, 5.41) is 11.2. The summed E-state index contributed by atoms with van der Waals surface area (Å²) in [5.41, 5.74) is 1.63. The Morgan fingerprint density at radius 3 is 2.41 bits per heavy atom. The molecule has 9 heteroatoms. The predicted molar refractivity (Wildman–Crippen MR) is 118 cm³/mol. The number of carbonyl (C=O) groups excluding carboxylic acids is 3. The highest BCUT2D eigenvalue weighted by Gasteiger charge is 2.49. The second-order valence-electron chi connectivity index (χ2n) is 7.39. The summed E-state index contributed by atoms with van der Waals surface area (Å²) in [6, 6.07) is 9.24. The molecule has 0 radical (unpaired) electrons. The van der Waals surface area contributed by atoms with Crippen LogP contribution in [0.3, 0.4) is 0 Å². The maximum Gasteiger partial charge on any atom is 0.350 e. The summed E-state index contributed by atoms with van der Waals surface area (Å²) in [7, 11) is 1.25. The summed E-state index contributed by atoms with van der Waals surface area (Å²) in [6.45, 7) is 5.25. The zero-order valence-electron chi connectivity index (χ0n) is 17.8. The average molecular weight is 452 g/mol. The first-order chi connectivity index (χ1) is 15.2. The van der Waals surface area contributed by atoms with Crippen LogP contribution < -0.4 is 4.90 Å². The molecular weight excluding hydrogens is 432 g/mol. The number of rotatable bonds is 4. The number of anilines is 1. The van der Waals surface area contributed by atoms with Crippen molar-refractivity contribution < 1.29 is 28.6 Å². The predicted octanol–water partition coefficient (Wildman–Crippen LogP) is 4.07. The molecule has 0 bridgehead atoms. The topological polar surface area (TPSA) is 110 Å². The van der Waals surface area contributed by atoms with Crippen molar-refractivity contribution in [2.45, 2.75) is 26.8 Å². The molecule has 164 valence electrons. The summed E-state index contributed by atoms with van der Waals surface area (Å²) in [6.07, 6.45) is 0. The van der Waals surface area contributed by atoms with E-state index in [0.29, 0.717) is 22.8 Å². The summed E-state index contributed by atoms with van der Waals surface area (Å²) in [5.74, 6) is -1.77. The number of methoxy groups -OCH3 is 1. The van der Waals surface area contributed by atoms with Gasteiger partial charge in [-0.15, -0.1) is 0 Å². The SMILES string of the molecule is COC(=O)c1sc(N2C(=O)C(=O)/C(=C(/O)c3ccc(C)cc3)[C@H]2c2ccc(C)o2)nc1C. The van der Waals surface area contributed by atoms with Gasteiger partial charge >= 0.3 is 11.9 Å². The summed E-state index contributed by atoms with van der Waals surface area (Å²) < 4.78 is 10.5. The average Bonchev–Trinajstić information content (AvgIpc) is 3.44. The Morgan fingerprint density at radius 1 is 1.12 bits per heavy atom. The van der Waals surface area contributed by atoms with Crippen LogP contribution in [0.2, 0.25) is 0 Å². The summed E-state index contributed by atoms with van der Waals surface area (Å²) >= 11 is 0.933. The molecule has 0 saturated carbocycles. The summed E-state index contributed by atoms with van der Waals surface area (Å²) in [4.78, 5) is 43.9. The van der Waals surface area contributed by atoms with E-state index in [1.807, 2.05) is 6.92 Å². The third-order valence-corrected chi connectivity index (χ3v) is 6.30. The van der Waals surface area contributed by atoms with E-state index in [9.17, 15) is 19.5 Å². The number of ketones is 1. The fraction of sp³-hybridized carbons (Fsp3) is 0.217. The second kappa shape index (κ2) is 8.08. The number of thiazole rings is 1. The lowest BCUT2D eigenvalue weighted by atomic mass is 9.99. The van der Waals surface area contributed by atoms with Gasteiger partial charge in [-0.1, -0.05) is 41.2 Å². The molecule has 0 aliphatic carbocycles. The Hall–Kier alpha value is -3.72. The van der Waals surface area contributed by atoms with Crippen LogP contribution in [0, 0.1) is 20.8 Å². The molecule has 1 aliphatic heterocycles. The third kappa shape index (κ3) is 3.50. The highest BCUT2D eigenvalue weighted by atomic mass is 32.1. The molecule has 1 fully saturated rings. The molecule has 1 N–H and O–H groups in total. The van der Waals surface area contributed by atoms with Gasteiger partial charge in [-0.25, -0.2) is 9.78 Å². The number of hydrogen-bond acceptors (Lipinski definition) is 8. The van der Waals surface area contributed by atoms with E-state index in [0.717, 1.165) is 21.8 Å². The fourth-order valence-electron chi connectivity index (χ4n) is 3.53. The first kappa shape index (κ1) is 21.5. The zero-order valence-corrected chi connectivity index (χ0v) is 18.6. The molecule has 32 heavy (non-hydrogen) atoms. The molecule has 1 atom stereocenters. The Labute approximate surface area is 187 Å². The molecule has 8 nitrogen and oxygen atoms in total. The lowest BCUT2D eigenvalue weighted by Gasteiger charge is -2.20. The molecule has 2 aromatic heterocycles. The van der Waals surface area contributed by atoms with Crippen molar-refractivity contribution in [3.63, 3.8) is 0 Å². The first-order valence-corrected chi connectivity index (χ1v) is 10.5. The van der Waals surface area contributed by atoms with Crippen LogP contribution in [-0.2, 0) is 14.3 Å². The van der Waals surface area contributed by atoms with Gasteiger partial charge in [-0.05, 0) is 32.9 Å². The normalized spacial score (nSPS) is 17.8. The van der Waals surface area contributed by atoms with E-state index in [-0.39, 0.29) is 21.3 Å². The molecule has 3 heterocycles. The Bertz CT molecular complexity index is 1270. The number of aryl methyl sites for hydroxylation is 3. The van der Waals surface area contributed by atoms with Crippen LogP contribution in [0.5, 0.6) is 0 Å². The van der Waals surface area contributed by atoms with E-state index >= 15 is 0 Å². The molecule has 0 spiro atoms. The van der Waals surface area contributed by atoms with E-state index in [1.54, 1.807) is 50.2 Å². The number of aromatic nitrogens is 1. The van der Waals surface area contributed by atoms with Gasteiger partial charge < -0.3 is 14.3 Å². The minimum absolute atomic E-state index is 0.110. The van der Waals surface area contributed by atoms with Crippen molar-refractivity contribution >= 4 is 39.9 Å². The van der Waals surface area contributed by atoms with Gasteiger partial charge in [-0.2, -0.15) is 0 Å². The van der Waals surface area contributed by atoms with Crippen molar-refractivity contribution in [2.24, 2.45) is 0 Å². The van der Waals surface area contributed by atoms with Crippen molar-refractivity contribution in [3.8, 4) is 0 Å². The monoisotopic (exact) mass is 452 g/mol. The van der Waals surface area contributed by atoms with Gasteiger partial charge in [0.15, 0.2) is 5.13 Å². The lowest BCUT2D eigenvalue weighted by molar-refractivity contribution is -0.132. The third-order valence-electron chi connectivity index (χ3n) is 5.16. The minimum Gasteiger partial charge on any atom is -0.507 e. The standard InChI is InChI=1S/C23H20N2O6S/c1-11-5-8-14(9-6-11)18(26)16-17(15-10-7-12(2)31-15)25(21(28)19(16)27)23-24-13(3)20(32-23)22(29)30-4/h5-10,17,26H,1-4H3/b18-16+/t17-/m1/s1. The van der Waals surface area contributed by atoms with E-state index in [4.69, 9.17) is 9.15 Å². The Morgan fingerprint density at radius 2 is 1.81 bits per heavy atom. The number of ether oxygens (including phenoxy) is 1. The van der Waals surface area contributed by atoms with Crippen LogP contribution in [0.25, 0.3) is 5.76 Å². The largest absolute Gasteiger partial charge is 0.507 e. The Balaban J connectivity index is 1.92. The number of carbonyl (C=O) groups is 3. The van der Waals surface area contributed by atoms with Gasteiger partial charge in [0.2, 0.25) is 0 Å². The second-order valence-corrected chi connectivity index (χ2v) is 8.36. The molecule has 1 aliphatic rings. The number of nitrogens with zero attached hydrogens (tertiary/aromatic N) is 2. The molecular formula is C23H20N2O6S. The van der Waals surface area contributed by atoms with Gasteiger partial charge in [0, 0.05) is 5.56 Å². The quantitative estimate of drug-likeness (QED) is 0.275. The molecule has 1 saturated heterocycles. The molecule has 3 aromatic rings. The number of amides is 1. The van der Waals surface area contributed by atoms with Crippen LogP contribution in [0.4, 0.5) is 5.13 Å². The zero-order chi connectivity index (χ0) is 23.2. The number of aliphatic hydroxyl groups is 1. The lowest BCUT2D eigenvalue weighted by Crippen LogP contribution is -2.29. The highest BCUT2D eigenvalue weighted by Crippen LogP contribution is 2.44. The fourth-order valence-corrected chi connectivity index (χ4v) is 4.55. The maximum atomic E-state index is 13.1. The minimum atomic E-state index is -1.04. The van der Waals surface area contributed by atoms with Crippen molar-refractivity contribution in [3.05, 3.63) is 75.2 Å². The molecule has 1 amide bonds. The number of furan rings is 1. The number of benzene rings is 1. The van der Waals surface area contributed by atoms with Crippen LogP contribution >= 0.6 is 11.3 Å². The Kier molecular flexibility index (Phi) is 5.43. The number of esters is 1. The molecule has 1 aromatic carbocycles. The van der Waals surface area contributed by atoms with E-state index < -0.39 is 23.7 Å². The number of hydrogen-bond donors (Lipinski definition) is 1. The van der Waals surface area contributed by atoms with Crippen molar-refractivity contribution in [1.82, 2.24) is 4.98 Å². The van der Waals surface area contributed by atoms with Crippen LogP contribution in [0.1, 0.15) is 44.1 Å². The number of aliphatic hydroxyl groups excluding tert-OH is 1. The maximum absolute atomic E-state index is 13.1. The van der Waals surface area contributed by atoms with E-state index in [1.165, 1.54) is 7.11 Å². The first-order valence-electron chi connectivity index (χ1n) is 9.73. The smallest absolute Gasteiger partial charge is 0.350 e. The van der Waals surface area contributed by atoms with Gasteiger partial charge in [0.25, 0.3) is 5.78 Å². The van der Waals surface area contributed by atoms with Crippen molar-refractivity contribution in [1.29, 1.82) is 0 Å². The van der Waals surface area contributed by atoms with E-state index in [2.05, 4.69) is 4.98 Å². The molecule has 0 unspecified atom stereocenters. The van der Waals surface area contributed by atoms with Crippen LogP contribution in [0.15, 0.2) is 46.4 Å². The van der Waals surface area contributed by atoms with Gasteiger partial charge in [-0.3, -0.25) is 14.5 Å². The van der Waals surface area contributed by atoms with Gasteiger partial charge in [0.05, 0.1) is 18.4 Å².